The van der Waals surface area contributed by atoms with Gasteiger partial charge in [-0.05, 0) is 0 Å². The Kier molecular flexibility index (Phi) is 10.9. The minimum atomic E-state index is -5.92. The SMILES string of the molecule is O=P([O-])([O-])OP(=O)([O-])OP(=O)(O)O.[Co+2].[Na+]. The maximum absolute atomic E-state index is 10.2. The zero-order valence-electron chi connectivity index (χ0n) is 6.84. The van der Waals surface area contributed by atoms with Gasteiger partial charge in [0, 0.05) is 0 Å². The van der Waals surface area contributed by atoms with E-state index in [0.717, 1.165) is 0 Å². The van der Waals surface area contributed by atoms with Crippen LogP contribution >= 0.6 is 23.5 Å². The molecule has 15 heteroatoms. The first kappa shape index (κ1) is 22.1. The van der Waals surface area contributed by atoms with Crippen molar-refractivity contribution in [1.82, 2.24) is 0 Å². The second-order valence-corrected chi connectivity index (χ2v) is 5.62. The van der Waals surface area contributed by atoms with Crippen molar-refractivity contribution in [2.75, 3.05) is 0 Å². The summed E-state index contributed by atoms with van der Waals surface area (Å²) in [5, 5.41) is 0. The smallest absolute Gasteiger partial charge is 0.790 e. The summed E-state index contributed by atoms with van der Waals surface area (Å²) in [5.74, 6) is 0. The van der Waals surface area contributed by atoms with Crippen LogP contribution in [0.5, 0.6) is 0 Å². The standard InChI is InChI=1S/Co.Na.H5O10P3/c;;1-11(2,3)9-13(7,8)10-12(4,5)6/h;;(H,7,8)(H2,1,2,3)(H2,4,5,6)/q+2;+1;/p-3. The summed E-state index contributed by atoms with van der Waals surface area (Å²) in [6.45, 7) is 0. The predicted octanol–water partition coefficient (Wildman–Crippen LogP) is -5.59. The maximum atomic E-state index is 10.2. The third-order valence-electron chi connectivity index (χ3n) is 0.406. The summed E-state index contributed by atoms with van der Waals surface area (Å²) < 4.78 is 35.3. The van der Waals surface area contributed by atoms with Crippen molar-refractivity contribution in [2.45, 2.75) is 0 Å². The Bertz CT molecular complexity index is 283. The fourth-order valence-electron chi connectivity index (χ4n) is 0.268. The molecule has 0 saturated carbocycles. The Balaban J connectivity index is -0.000000720. The summed E-state index contributed by atoms with van der Waals surface area (Å²) in [4.78, 5) is 45.3. The molecule has 0 aromatic heterocycles. The normalized spacial score (nSPS) is 15.8. The van der Waals surface area contributed by atoms with Crippen LogP contribution in [0, 0.1) is 0 Å². The van der Waals surface area contributed by atoms with Crippen molar-refractivity contribution in [1.29, 1.82) is 0 Å². The van der Waals surface area contributed by atoms with Gasteiger partial charge in [-0.2, -0.15) is 0 Å². The molecule has 0 rings (SSSR count). The molecule has 0 saturated heterocycles. The minimum absolute atomic E-state index is 0. The Labute approximate surface area is 116 Å². The first-order valence-electron chi connectivity index (χ1n) is 2.23. The zero-order chi connectivity index (χ0) is 10.9. The molecule has 0 aromatic rings. The van der Waals surface area contributed by atoms with Crippen LogP contribution in [0.4, 0.5) is 0 Å². The van der Waals surface area contributed by atoms with Gasteiger partial charge in [0.1, 0.15) is 0 Å². The molecule has 10 nitrogen and oxygen atoms in total. The molecule has 0 heterocycles. The number of rotatable bonds is 4. The van der Waals surface area contributed by atoms with Crippen molar-refractivity contribution >= 4 is 23.5 Å². The molecule has 0 bridgehead atoms. The topological polar surface area (TPSA) is 179 Å². The molecule has 0 amide bonds. The van der Waals surface area contributed by atoms with E-state index in [9.17, 15) is 28.4 Å². The molecule has 1 atom stereocenters. The van der Waals surface area contributed by atoms with Crippen LogP contribution in [0.25, 0.3) is 0 Å². The third-order valence-corrected chi connectivity index (χ3v) is 3.66. The van der Waals surface area contributed by atoms with Gasteiger partial charge < -0.3 is 29.0 Å². The van der Waals surface area contributed by atoms with Gasteiger partial charge in [-0.3, -0.25) is 8.88 Å². The van der Waals surface area contributed by atoms with E-state index in [0.29, 0.717) is 0 Å². The first-order valence-corrected chi connectivity index (χ1v) is 6.68. The van der Waals surface area contributed by atoms with E-state index in [2.05, 4.69) is 8.62 Å². The van der Waals surface area contributed by atoms with Crippen molar-refractivity contribution < 1.29 is 93.1 Å². The largest absolute Gasteiger partial charge is 2.00 e. The van der Waals surface area contributed by atoms with Crippen molar-refractivity contribution in [3.8, 4) is 0 Å². The van der Waals surface area contributed by atoms with Crippen molar-refractivity contribution in [3.05, 3.63) is 0 Å². The number of phosphoric acid groups is 3. The first-order chi connectivity index (χ1) is 5.41. The van der Waals surface area contributed by atoms with Crippen molar-refractivity contribution in [3.63, 3.8) is 0 Å². The molecule has 0 fully saturated rings. The molecule has 87 valence electrons. The fraction of sp³-hybridized carbons (Fsp3) is 0. The predicted molar refractivity (Wildman–Crippen MR) is 29.4 cm³/mol. The van der Waals surface area contributed by atoms with Crippen LogP contribution in [0.2, 0.25) is 0 Å². The molecule has 2 N–H and O–H groups in total. The van der Waals surface area contributed by atoms with E-state index >= 15 is 0 Å². The Morgan fingerprint density at radius 3 is 1.47 bits per heavy atom. The van der Waals surface area contributed by atoms with Gasteiger partial charge in [-0.25, -0.2) is 8.88 Å². The number of hydrogen-bond donors (Lipinski definition) is 2. The Morgan fingerprint density at radius 2 is 1.27 bits per heavy atom. The molecule has 1 radical (unpaired) electrons. The molecule has 0 aromatic carbocycles. The minimum Gasteiger partial charge on any atom is -0.790 e. The average Bonchev–Trinajstić information content (AvgIpc) is 1.43. The number of hydrogen-bond acceptors (Lipinski definition) is 8. The quantitative estimate of drug-likeness (QED) is 0.371. The van der Waals surface area contributed by atoms with Gasteiger partial charge in [0.25, 0.3) is 7.82 Å². The Morgan fingerprint density at radius 1 is 0.933 bits per heavy atom. The molecule has 1 unspecified atom stereocenters. The van der Waals surface area contributed by atoms with Gasteiger partial charge >= 0.3 is 54.2 Å². The van der Waals surface area contributed by atoms with Gasteiger partial charge in [0.05, 0.1) is 7.82 Å². The van der Waals surface area contributed by atoms with E-state index in [-0.39, 0.29) is 46.3 Å². The maximum Gasteiger partial charge on any atom is 2.00 e. The van der Waals surface area contributed by atoms with E-state index in [4.69, 9.17) is 9.79 Å². The van der Waals surface area contributed by atoms with Gasteiger partial charge in [-0.1, -0.05) is 0 Å². The van der Waals surface area contributed by atoms with E-state index in [1.54, 1.807) is 0 Å². The van der Waals surface area contributed by atoms with E-state index in [1.807, 2.05) is 0 Å². The van der Waals surface area contributed by atoms with Crippen LogP contribution in [-0.2, 0) is 39.1 Å². The molecule has 15 heavy (non-hydrogen) atoms. The van der Waals surface area contributed by atoms with Crippen LogP contribution < -0.4 is 44.2 Å². The van der Waals surface area contributed by atoms with Crippen LogP contribution in [0.15, 0.2) is 0 Å². The molecular weight excluding hydrogens is 335 g/mol. The second-order valence-electron chi connectivity index (χ2n) is 1.55. The van der Waals surface area contributed by atoms with E-state index < -0.39 is 23.5 Å². The average molecular weight is 337 g/mol. The summed E-state index contributed by atoms with van der Waals surface area (Å²) >= 11 is 0. The third kappa shape index (κ3) is 15.9. The summed E-state index contributed by atoms with van der Waals surface area (Å²) in [6, 6.07) is 0. The van der Waals surface area contributed by atoms with Crippen LogP contribution in [0.3, 0.4) is 0 Å². The molecule has 0 aliphatic heterocycles. The van der Waals surface area contributed by atoms with Gasteiger partial charge in [0.2, 0.25) is 0 Å². The Hall–Kier alpha value is 1.92. The van der Waals surface area contributed by atoms with Gasteiger partial charge in [-0.15, -0.1) is 0 Å². The molecular formula is H2CoNaO10P3. The fourth-order valence-corrected chi connectivity index (χ4v) is 2.68. The molecule has 0 aliphatic rings. The molecule has 0 spiro atoms. The molecule has 0 aliphatic carbocycles. The van der Waals surface area contributed by atoms with Crippen molar-refractivity contribution in [2.24, 2.45) is 0 Å². The second kappa shape index (κ2) is 7.37. The summed E-state index contributed by atoms with van der Waals surface area (Å²) in [6.07, 6.45) is 0. The van der Waals surface area contributed by atoms with Crippen LogP contribution in [-0.4, -0.2) is 9.79 Å². The monoisotopic (exact) mass is 337 g/mol. The van der Waals surface area contributed by atoms with Gasteiger partial charge in [0.15, 0.2) is 0 Å². The van der Waals surface area contributed by atoms with E-state index in [1.165, 1.54) is 0 Å². The summed E-state index contributed by atoms with van der Waals surface area (Å²) in [5.41, 5.74) is 0. The summed E-state index contributed by atoms with van der Waals surface area (Å²) in [7, 11) is -17.2. The zero-order valence-corrected chi connectivity index (χ0v) is 12.6. The van der Waals surface area contributed by atoms with Crippen LogP contribution in [0.1, 0.15) is 0 Å².